The molecule has 96 valence electrons. The van der Waals surface area contributed by atoms with Crippen molar-refractivity contribution in [3.05, 3.63) is 23.8 Å². The van der Waals surface area contributed by atoms with Crippen molar-refractivity contribution in [3.8, 4) is 11.5 Å². The molecule has 18 heavy (non-hydrogen) atoms. The number of hydrogen-bond donors (Lipinski definition) is 3. The molecule has 0 unspecified atom stereocenters. The minimum atomic E-state index is -1.12. The molecule has 2 rings (SSSR count). The molecule has 1 aromatic carbocycles. The summed E-state index contributed by atoms with van der Waals surface area (Å²) in [5.41, 5.74) is -0.245. The second-order valence-electron chi connectivity index (χ2n) is 4.23. The van der Waals surface area contributed by atoms with Crippen LogP contribution in [-0.2, 0) is 4.79 Å². The SMILES string of the molecule is O=C(O)CN(C(=O)c1c(O)cccc1O)C1CC1. The first kappa shape index (κ1) is 12.2. The van der Waals surface area contributed by atoms with Gasteiger partial charge in [-0.3, -0.25) is 9.59 Å². The van der Waals surface area contributed by atoms with E-state index in [0.29, 0.717) is 0 Å². The van der Waals surface area contributed by atoms with Crippen LogP contribution in [0.4, 0.5) is 0 Å². The van der Waals surface area contributed by atoms with Gasteiger partial charge in [-0.05, 0) is 25.0 Å². The van der Waals surface area contributed by atoms with Crippen LogP contribution >= 0.6 is 0 Å². The van der Waals surface area contributed by atoms with Crippen molar-refractivity contribution in [1.82, 2.24) is 4.90 Å². The third-order valence-corrected chi connectivity index (χ3v) is 2.79. The van der Waals surface area contributed by atoms with Crippen molar-refractivity contribution in [2.24, 2.45) is 0 Å². The quantitative estimate of drug-likeness (QED) is 0.734. The van der Waals surface area contributed by atoms with Gasteiger partial charge >= 0.3 is 5.97 Å². The smallest absolute Gasteiger partial charge is 0.323 e. The first-order chi connectivity index (χ1) is 8.50. The first-order valence-corrected chi connectivity index (χ1v) is 5.54. The molecule has 0 spiro atoms. The summed E-state index contributed by atoms with van der Waals surface area (Å²) in [4.78, 5) is 24.0. The van der Waals surface area contributed by atoms with Crippen molar-refractivity contribution in [2.75, 3.05) is 6.54 Å². The Balaban J connectivity index is 2.30. The van der Waals surface area contributed by atoms with Crippen molar-refractivity contribution in [3.63, 3.8) is 0 Å². The highest BCUT2D eigenvalue weighted by Gasteiger charge is 2.36. The molecule has 1 aliphatic rings. The summed E-state index contributed by atoms with van der Waals surface area (Å²) in [7, 11) is 0. The summed E-state index contributed by atoms with van der Waals surface area (Å²) < 4.78 is 0. The van der Waals surface area contributed by atoms with E-state index in [9.17, 15) is 19.8 Å². The Bertz CT molecular complexity index is 475. The summed E-state index contributed by atoms with van der Waals surface area (Å²) in [5.74, 6) is -2.48. The lowest BCUT2D eigenvalue weighted by molar-refractivity contribution is -0.137. The highest BCUT2D eigenvalue weighted by molar-refractivity contribution is 6.00. The maximum atomic E-state index is 12.1. The van der Waals surface area contributed by atoms with Crippen LogP contribution in [0, 0.1) is 0 Å². The molecule has 6 heteroatoms. The summed E-state index contributed by atoms with van der Waals surface area (Å²) >= 11 is 0. The zero-order chi connectivity index (χ0) is 13.3. The molecule has 3 N–H and O–H groups in total. The van der Waals surface area contributed by atoms with E-state index in [1.807, 2.05) is 0 Å². The molecule has 0 radical (unpaired) electrons. The van der Waals surface area contributed by atoms with Crippen molar-refractivity contribution < 1.29 is 24.9 Å². The predicted octanol–water partition coefficient (Wildman–Crippen LogP) is 0.787. The van der Waals surface area contributed by atoms with Gasteiger partial charge in [-0.25, -0.2) is 0 Å². The fourth-order valence-electron chi connectivity index (χ4n) is 1.79. The van der Waals surface area contributed by atoms with Crippen LogP contribution in [-0.4, -0.2) is 44.7 Å². The number of carbonyl (C=O) groups excluding carboxylic acids is 1. The minimum absolute atomic E-state index is 0.118. The molecule has 0 atom stereocenters. The summed E-state index contributed by atoms with van der Waals surface area (Å²) in [6.07, 6.45) is 1.49. The molecule has 1 aromatic rings. The van der Waals surface area contributed by atoms with E-state index in [2.05, 4.69) is 0 Å². The molecular weight excluding hydrogens is 238 g/mol. The Hall–Kier alpha value is -2.24. The first-order valence-electron chi connectivity index (χ1n) is 5.54. The highest BCUT2D eigenvalue weighted by Crippen LogP contribution is 2.33. The maximum absolute atomic E-state index is 12.1. The van der Waals surface area contributed by atoms with E-state index in [1.165, 1.54) is 18.2 Å². The number of amides is 1. The van der Waals surface area contributed by atoms with E-state index in [1.54, 1.807) is 0 Å². The van der Waals surface area contributed by atoms with Gasteiger partial charge in [0.15, 0.2) is 0 Å². The third kappa shape index (κ3) is 2.37. The number of aliphatic carboxylic acids is 1. The molecule has 1 amide bonds. The van der Waals surface area contributed by atoms with E-state index in [-0.39, 0.29) is 23.1 Å². The lowest BCUT2D eigenvalue weighted by atomic mass is 10.1. The maximum Gasteiger partial charge on any atom is 0.323 e. The number of benzene rings is 1. The third-order valence-electron chi connectivity index (χ3n) is 2.79. The lowest BCUT2D eigenvalue weighted by Gasteiger charge is -2.21. The van der Waals surface area contributed by atoms with Crippen LogP contribution in [0.25, 0.3) is 0 Å². The Labute approximate surface area is 103 Å². The number of hydrogen-bond acceptors (Lipinski definition) is 4. The normalized spacial score (nSPS) is 14.2. The van der Waals surface area contributed by atoms with Gasteiger partial charge < -0.3 is 20.2 Å². The van der Waals surface area contributed by atoms with Crippen LogP contribution in [0.5, 0.6) is 11.5 Å². The Morgan fingerprint density at radius 1 is 1.22 bits per heavy atom. The molecule has 0 heterocycles. The number of carboxylic acid groups (broad SMARTS) is 1. The number of carboxylic acids is 1. The van der Waals surface area contributed by atoms with Crippen molar-refractivity contribution >= 4 is 11.9 Å². The van der Waals surface area contributed by atoms with Gasteiger partial charge in [0.2, 0.25) is 0 Å². The van der Waals surface area contributed by atoms with Gasteiger partial charge in [0.25, 0.3) is 5.91 Å². The second-order valence-corrected chi connectivity index (χ2v) is 4.23. The summed E-state index contributed by atoms with van der Waals surface area (Å²) in [6, 6.07) is 3.84. The molecule has 1 aliphatic carbocycles. The van der Waals surface area contributed by atoms with Gasteiger partial charge in [0.05, 0.1) is 0 Å². The Kier molecular flexibility index (Phi) is 3.10. The molecule has 0 aromatic heterocycles. The van der Waals surface area contributed by atoms with Crippen LogP contribution in [0.1, 0.15) is 23.2 Å². The minimum Gasteiger partial charge on any atom is -0.507 e. The zero-order valence-electron chi connectivity index (χ0n) is 9.54. The van der Waals surface area contributed by atoms with Crippen LogP contribution in [0.3, 0.4) is 0 Å². The summed E-state index contributed by atoms with van der Waals surface area (Å²) in [6.45, 7) is -0.433. The molecule has 1 fully saturated rings. The fourth-order valence-corrected chi connectivity index (χ4v) is 1.79. The topological polar surface area (TPSA) is 98.1 Å². The number of rotatable bonds is 4. The summed E-state index contributed by atoms with van der Waals surface area (Å²) in [5, 5.41) is 28.0. The molecule has 1 saturated carbocycles. The van der Waals surface area contributed by atoms with E-state index in [4.69, 9.17) is 5.11 Å². The van der Waals surface area contributed by atoms with Gasteiger partial charge in [0, 0.05) is 6.04 Å². The number of phenols is 2. The predicted molar refractivity (Wildman–Crippen MR) is 61.5 cm³/mol. The highest BCUT2D eigenvalue weighted by atomic mass is 16.4. The second kappa shape index (κ2) is 4.56. The van der Waals surface area contributed by atoms with E-state index in [0.717, 1.165) is 17.7 Å². The average molecular weight is 251 g/mol. The molecule has 0 bridgehead atoms. The molecule has 0 aliphatic heterocycles. The number of aromatic hydroxyl groups is 2. The van der Waals surface area contributed by atoms with Gasteiger partial charge in [-0.2, -0.15) is 0 Å². The van der Waals surface area contributed by atoms with E-state index >= 15 is 0 Å². The van der Waals surface area contributed by atoms with Crippen LogP contribution < -0.4 is 0 Å². The van der Waals surface area contributed by atoms with Gasteiger partial charge in [-0.1, -0.05) is 6.07 Å². The fraction of sp³-hybridized carbons (Fsp3) is 0.333. The number of nitrogens with zero attached hydrogens (tertiary/aromatic N) is 1. The number of phenolic OH excluding ortho intramolecular Hbond substituents is 2. The van der Waals surface area contributed by atoms with Gasteiger partial charge in [0.1, 0.15) is 23.6 Å². The zero-order valence-corrected chi connectivity index (χ0v) is 9.54. The van der Waals surface area contributed by atoms with Crippen LogP contribution in [0.2, 0.25) is 0 Å². The lowest BCUT2D eigenvalue weighted by Crippen LogP contribution is -2.37. The number of carbonyl (C=O) groups is 2. The standard InChI is InChI=1S/C12H13NO5/c14-8-2-1-3-9(15)11(8)12(18)13(6-10(16)17)7-4-5-7/h1-3,7,14-15H,4-6H2,(H,16,17). The molecular formula is C12H13NO5. The Morgan fingerprint density at radius 2 is 1.78 bits per heavy atom. The van der Waals surface area contributed by atoms with Crippen molar-refractivity contribution in [1.29, 1.82) is 0 Å². The molecule has 6 nitrogen and oxygen atoms in total. The monoisotopic (exact) mass is 251 g/mol. The molecule has 0 saturated heterocycles. The van der Waals surface area contributed by atoms with Gasteiger partial charge in [-0.15, -0.1) is 0 Å². The van der Waals surface area contributed by atoms with Crippen LogP contribution in [0.15, 0.2) is 18.2 Å². The van der Waals surface area contributed by atoms with E-state index < -0.39 is 18.4 Å². The average Bonchev–Trinajstić information content (AvgIpc) is 3.09. The Morgan fingerprint density at radius 3 is 2.22 bits per heavy atom. The largest absolute Gasteiger partial charge is 0.507 e. The van der Waals surface area contributed by atoms with Crippen molar-refractivity contribution in [2.45, 2.75) is 18.9 Å².